The van der Waals surface area contributed by atoms with Crippen LogP contribution >= 0.6 is 0 Å². The summed E-state index contributed by atoms with van der Waals surface area (Å²) in [4.78, 5) is 22.3. The number of rotatable bonds is 2. The Hall–Kier alpha value is -1.90. The summed E-state index contributed by atoms with van der Waals surface area (Å²) < 4.78 is 1.51. The van der Waals surface area contributed by atoms with Gasteiger partial charge in [-0.15, -0.1) is 0 Å². The lowest BCUT2D eigenvalue weighted by Gasteiger charge is -2.00. The van der Waals surface area contributed by atoms with Gasteiger partial charge in [-0.1, -0.05) is 13.0 Å². The number of hydrogen-bond acceptors (Lipinski definition) is 2. The van der Waals surface area contributed by atoms with Crippen molar-refractivity contribution < 1.29 is 9.59 Å². The molecular weight excluding hydrogens is 202 g/mol. The summed E-state index contributed by atoms with van der Waals surface area (Å²) >= 11 is 0. The van der Waals surface area contributed by atoms with Gasteiger partial charge in [0.25, 0.3) is 0 Å². The maximum absolute atomic E-state index is 11.4. The van der Waals surface area contributed by atoms with Gasteiger partial charge in [0.2, 0.25) is 5.91 Å². The van der Waals surface area contributed by atoms with Crippen molar-refractivity contribution in [1.82, 2.24) is 4.57 Å². The molecule has 0 unspecified atom stereocenters. The first-order valence-electron chi connectivity index (χ1n) is 5.27. The first-order chi connectivity index (χ1) is 7.67. The van der Waals surface area contributed by atoms with E-state index in [0.29, 0.717) is 5.56 Å². The smallest absolute Gasteiger partial charge is 0.227 e. The molecule has 0 saturated heterocycles. The Morgan fingerprint density at radius 1 is 1.44 bits per heavy atom. The Morgan fingerprint density at radius 3 is 2.75 bits per heavy atom. The van der Waals surface area contributed by atoms with E-state index in [1.807, 2.05) is 18.2 Å². The second kappa shape index (κ2) is 3.93. The van der Waals surface area contributed by atoms with Crippen LogP contribution in [-0.4, -0.2) is 16.8 Å². The molecular formula is C13H13NO2. The molecule has 0 N–H and O–H groups in total. The van der Waals surface area contributed by atoms with Gasteiger partial charge in [0.05, 0.1) is 5.52 Å². The number of aryl methyl sites for hydroxylation is 1. The molecule has 0 bridgehead atoms. The molecule has 2 rings (SSSR count). The molecule has 0 amide bonds. The summed E-state index contributed by atoms with van der Waals surface area (Å²) in [6, 6.07) is 5.84. The molecule has 82 valence electrons. The molecule has 3 heteroatoms. The van der Waals surface area contributed by atoms with Crippen LogP contribution in [0.15, 0.2) is 24.4 Å². The van der Waals surface area contributed by atoms with Gasteiger partial charge in [0.15, 0.2) is 6.29 Å². The van der Waals surface area contributed by atoms with E-state index in [1.54, 1.807) is 6.20 Å². The molecule has 3 nitrogen and oxygen atoms in total. The van der Waals surface area contributed by atoms with Gasteiger partial charge in [-0.2, -0.15) is 0 Å². The SMILES string of the molecule is CCc1ccc2c(c1)c(C=O)cn2C(C)=O. The van der Waals surface area contributed by atoms with Gasteiger partial charge in [-0.05, 0) is 24.1 Å². The van der Waals surface area contributed by atoms with Crippen LogP contribution in [0.2, 0.25) is 0 Å². The van der Waals surface area contributed by atoms with E-state index in [9.17, 15) is 9.59 Å². The highest BCUT2D eigenvalue weighted by Gasteiger charge is 2.10. The second-order valence-corrected chi connectivity index (χ2v) is 3.80. The molecule has 0 aliphatic carbocycles. The number of fused-ring (bicyclic) bond motifs is 1. The average molecular weight is 215 g/mol. The molecule has 0 saturated carbocycles. The first-order valence-corrected chi connectivity index (χ1v) is 5.27. The van der Waals surface area contributed by atoms with E-state index >= 15 is 0 Å². The maximum Gasteiger partial charge on any atom is 0.227 e. The zero-order valence-electron chi connectivity index (χ0n) is 9.36. The second-order valence-electron chi connectivity index (χ2n) is 3.80. The standard InChI is InChI=1S/C13H13NO2/c1-3-10-4-5-13-12(6-10)11(8-15)7-14(13)9(2)16/h4-8H,3H2,1-2H3. The van der Waals surface area contributed by atoms with Crippen LogP contribution in [0.4, 0.5) is 0 Å². The Bertz CT molecular complexity index is 567. The Kier molecular flexibility index (Phi) is 2.60. The highest BCUT2D eigenvalue weighted by molar-refractivity contribution is 6.02. The molecule has 0 radical (unpaired) electrons. The van der Waals surface area contributed by atoms with Gasteiger partial charge >= 0.3 is 0 Å². The number of aromatic nitrogens is 1. The van der Waals surface area contributed by atoms with Crippen molar-refractivity contribution in [2.24, 2.45) is 0 Å². The fourth-order valence-electron chi connectivity index (χ4n) is 1.88. The van der Waals surface area contributed by atoms with E-state index in [0.717, 1.165) is 29.2 Å². The summed E-state index contributed by atoms with van der Waals surface area (Å²) in [7, 11) is 0. The zero-order chi connectivity index (χ0) is 11.7. The molecule has 0 aliphatic rings. The largest absolute Gasteiger partial charge is 0.298 e. The summed E-state index contributed by atoms with van der Waals surface area (Å²) in [6.07, 6.45) is 3.31. The van der Waals surface area contributed by atoms with Gasteiger partial charge in [-0.25, -0.2) is 0 Å². The van der Waals surface area contributed by atoms with Crippen LogP contribution in [-0.2, 0) is 6.42 Å². The monoisotopic (exact) mass is 215 g/mol. The van der Waals surface area contributed by atoms with Crippen LogP contribution < -0.4 is 0 Å². The van der Waals surface area contributed by atoms with Crippen molar-refractivity contribution >= 4 is 23.1 Å². The van der Waals surface area contributed by atoms with Gasteiger partial charge < -0.3 is 0 Å². The predicted octanol–water partition coefficient (Wildman–Crippen LogP) is 2.68. The fourth-order valence-corrected chi connectivity index (χ4v) is 1.88. The minimum Gasteiger partial charge on any atom is -0.298 e. The summed E-state index contributed by atoms with van der Waals surface area (Å²) in [5.41, 5.74) is 2.53. The normalized spacial score (nSPS) is 10.6. The van der Waals surface area contributed by atoms with E-state index in [-0.39, 0.29) is 5.91 Å². The van der Waals surface area contributed by atoms with Crippen molar-refractivity contribution in [2.75, 3.05) is 0 Å². The number of carbonyl (C=O) groups excluding carboxylic acids is 2. The third kappa shape index (κ3) is 1.54. The maximum atomic E-state index is 11.4. The zero-order valence-corrected chi connectivity index (χ0v) is 9.36. The lowest BCUT2D eigenvalue weighted by atomic mass is 10.1. The molecule has 0 spiro atoms. The molecule has 0 fully saturated rings. The van der Waals surface area contributed by atoms with Gasteiger partial charge in [-0.3, -0.25) is 14.2 Å². The van der Waals surface area contributed by atoms with Crippen LogP contribution in [0.25, 0.3) is 10.9 Å². The van der Waals surface area contributed by atoms with Crippen LogP contribution in [0, 0.1) is 0 Å². The van der Waals surface area contributed by atoms with Crippen LogP contribution in [0.5, 0.6) is 0 Å². The van der Waals surface area contributed by atoms with Crippen LogP contribution in [0.3, 0.4) is 0 Å². The molecule has 1 aromatic heterocycles. The van der Waals surface area contributed by atoms with Crippen LogP contribution in [0.1, 0.15) is 34.6 Å². The highest BCUT2D eigenvalue weighted by atomic mass is 16.1. The lowest BCUT2D eigenvalue weighted by molar-refractivity contribution is 0.0941. The van der Waals surface area contributed by atoms with E-state index in [2.05, 4.69) is 6.92 Å². The van der Waals surface area contributed by atoms with Crippen molar-refractivity contribution in [3.8, 4) is 0 Å². The molecule has 0 atom stereocenters. The van der Waals surface area contributed by atoms with Crippen molar-refractivity contribution in [3.05, 3.63) is 35.5 Å². The van der Waals surface area contributed by atoms with Gasteiger partial charge in [0, 0.05) is 24.1 Å². The minimum atomic E-state index is -0.0812. The topological polar surface area (TPSA) is 39.1 Å². The fraction of sp³-hybridized carbons (Fsp3) is 0.231. The van der Waals surface area contributed by atoms with Crippen molar-refractivity contribution in [3.63, 3.8) is 0 Å². The first kappa shape index (κ1) is 10.6. The van der Waals surface area contributed by atoms with E-state index < -0.39 is 0 Å². The third-order valence-electron chi connectivity index (χ3n) is 2.77. The highest BCUT2D eigenvalue weighted by Crippen LogP contribution is 2.22. The molecule has 16 heavy (non-hydrogen) atoms. The predicted molar refractivity (Wildman–Crippen MR) is 63.0 cm³/mol. The molecule has 1 aromatic carbocycles. The average Bonchev–Trinajstić information content (AvgIpc) is 2.66. The number of aldehydes is 1. The number of nitrogens with zero attached hydrogens (tertiary/aromatic N) is 1. The Morgan fingerprint density at radius 2 is 2.19 bits per heavy atom. The summed E-state index contributed by atoms with van der Waals surface area (Å²) in [5, 5.41) is 0.851. The van der Waals surface area contributed by atoms with Crippen molar-refractivity contribution in [1.29, 1.82) is 0 Å². The van der Waals surface area contributed by atoms with E-state index in [1.165, 1.54) is 11.5 Å². The van der Waals surface area contributed by atoms with E-state index in [4.69, 9.17) is 0 Å². The summed E-state index contributed by atoms with van der Waals surface area (Å²) in [5.74, 6) is -0.0812. The molecule has 1 heterocycles. The number of benzene rings is 1. The number of carbonyl (C=O) groups is 2. The lowest BCUT2D eigenvalue weighted by Crippen LogP contribution is -2.02. The third-order valence-corrected chi connectivity index (χ3v) is 2.77. The minimum absolute atomic E-state index is 0.0812. The quantitative estimate of drug-likeness (QED) is 0.722. The Balaban J connectivity index is 2.79. The molecule has 0 aliphatic heterocycles. The Labute approximate surface area is 93.7 Å². The summed E-state index contributed by atoms with van der Waals surface area (Å²) in [6.45, 7) is 3.55. The number of hydrogen-bond donors (Lipinski definition) is 0. The van der Waals surface area contributed by atoms with Crippen molar-refractivity contribution in [2.45, 2.75) is 20.3 Å². The molecule has 2 aromatic rings. The van der Waals surface area contributed by atoms with Gasteiger partial charge in [0.1, 0.15) is 0 Å².